The number of benzene rings is 1. The van der Waals surface area contributed by atoms with E-state index in [-0.39, 0.29) is 30.0 Å². The molecule has 0 aliphatic carbocycles. The number of piperazine rings is 1. The Morgan fingerprint density at radius 1 is 1.18 bits per heavy atom. The van der Waals surface area contributed by atoms with Crippen molar-refractivity contribution in [2.75, 3.05) is 57.0 Å². The highest BCUT2D eigenvalue weighted by Gasteiger charge is 2.31. The molecule has 2 aromatic heterocycles. The Bertz CT molecular complexity index is 1410. The van der Waals surface area contributed by atoms with Gasteiger partial charge in [-0.3, -0.25) is 4.79 Å². The molecule has 5 rings (SSSR count). The number of rotatable bonds is 8. The summed E-state index contributed by atoms with van der Waals surface area (Å²) >= 11 is 0. The van der Waals surface area contributed by atoms with E-state index < -0.39 is 0 Å². The lowest BCUT2D eigenvalue weighted by atomic mass is 10.1. The number of aryl methyl sites for hydroxylation is 1. The second kappa shape index (κ2) is 11.2. The maximum absolute atomic E-state index is 12.1. The van der Waals surface area contributed by atoms with Gasteiger partial charge in [0, 0.05) is 64.5 Å². The minimum Gasteiger partial charge on any atom is -0.456 e. The zero-order valence-electron chi connectivity index (χ0n) is 22.0. The minimum atomic E-state index is -0.274. The summed E-state index contributed by atoms with van der Waals surface area (Å²) < 4.78 is 18.1. The number of aromatic nitrogens is 3. The molecule has 0 radical (unpaired) electrons. The van der Waals surface area contributed by atoms with Gasteiger partial charge in [0.15, 0.2) is 0 Å². The first kappa shape index (κ1) is 26.3. The maximum atomic E-state index is 12.1. The number of ether oxygens (including phenoxy) is 3. The monoisotopic (exact) mass is 532 g/mol. The normalized spacial score (nSPS) is 19.2. The third-order valence-corrected chi connectivity index (χ3v) is 7.04. The average Bonchev–Trinajstić information content (AvgIpc) is 3.41. The largest absolute Gasteiger partial charge is 0.456 e. The molecule has 1 aromatic carbocycles. The minimum absolute atomic E-state index is 0.0926. The molecule has 0 unspecified atom stereocenters. The smallest absolute Gasteiger partial charge is 0.319 e. The SMILES string of the molecule is C=CC(=O)N1CCN(c2nc(O[C@@H]3CNC[C@H]3OC)nc3c(Oc4c(C)ccc(N)c4C=N)nccc23)CC1. The standard InChI is InChI=1S/C27H32N8O4/c1-4-22(36)34-9-11-35(12-10-34)25-17-7-8-31-26(39-24-16(2)5-6-19(29)18(24)13-28)23(17)32-27(33-25)38-21-15-30-14-20(21)37-3/h4-8,13,20-21,28,30H,1,9-12,14-15,29H2,2-3H3/t20-,21-/m1/s1. The first-order chi connectivity index (χ1) is 18.9. The highest BCUT2D eigenvalue weighted by Crippen LogP contribution is 2.36. The van der Waals surface area contributed by atoms with Crippen LogP contribution in [0.5, 0.6) is 17.6 Å². The van der Waals surface area contributed by atoms with Gasteiger partial charge >= 0.3 is 6.01 Å². The van der Waals surface area contributed by atoms with Gasteiger partial charge in [-0.25, -0.2) is 4.98 Å². The third kappa shape index (κ3) is 5.20. The number of nitrogens with zero attached hydrogens (tertiary/aromatic N) is 5. The third-order valence-electron chi connectivity index (χ3n) is 7.04. The van der Waals surface area contributed by atoms with Crippen LogP contribution in [0.15, 0.2) is 37.1 Å². The highest BCUT2D eigenvalue weighted by molar-refractivity contribution is 5.94. The summed E-state index contributed by atoms with van der Waals surface area (Å²) in [4.78, 5) is 30.0. The van der Waals surface area contributed by atoms with E-state index in [0.717, 1.165) is 10.9 Å². The molecule has 2 fully saturated rings. The number of hydrogen-bond donors (Lipinski definition) is 3. The zero-order valence-corrected chi connectivity index (χ0v) is 22.0. The molecule has 4 heterocycles. The Morgan fingerprint density at radius 3 is 2.67 bits per heavy atom. The van der Waals surface area contributed by atoms with Gasteiger partial charge in [-0.15, -0.1) is 0 Å². The second-order valence-corrected chi connectivity index (χ2v) is 9.41. The van der Waals surface area contributed by atoms with E-state index in [1.807, 2.05) is 19.1 Å². The quantitative estimate of drug-likeness (QED) is 0.223. The number of carbonyl (C=O) groups excluding carboxylic acids is 1. The predicted molar refractivity (Wildman–Crippen MR) is 148 cm³/mol. The Morgan fingerprint density at radius 2 is 1.95 bits per heavy atom. The zero-order chi connectivity index (χ0) is 27.5. The summed E-state index contributed by atoms with van der Waals surface area (Å²) in [5.74, 6) is 1.24. The van der Waals surface area contributed by atoms with Crippen molar-refractivity contribution >= 4 is 34.5 Å². The van der Waals surface area contributed by atoms with Crippen LogP contribution in [0.4, 0.5) is 11.5 Å². The topological polar surface area (TPSA) is 152 Å². The molecular formula is C27H32N8O4. The lowest BCUT2D eigenvalue weighted by molar-refractivity contribution is -0.126. The van der Waals surface area contributed by atoms with Crippen LogP contribution in [-0.2, 0) is 9.53 Å². The average molecular weight is 533 g/mol. The molecule has 0 bridgehead atoms. The summed E-state index contributed by atoms with van der Waals surface area (Å²) in [6, 6.07) is 5.58. The van der Waals surface area contributed by atoms with Crippen molar-refractivity contribution in [3.8, 4) is 17.6 Å². The molecule has 12 nitrogen and oxygen atoms in total. The van der Waals surface area contributed by atoms with E-state index in [1.165, 1.54) is 12.3 Å². The highest BCUT2D eigenvalue weighted by atomic mass is 16.5. The Balaban J connectivity index is 1.58. The van der Waals surface area contributed by atoms with Crippen LogP contribution < -0.4 is 25.4 Å². The van der Waals surface area contributed by atoms with Crippen LogP contribution in [0.1, 0.15) is 11.1 Å². The molecule has 12 heteroatoms. The van der Waals surface area contributed by atoms with Crippen LogP contribution in [-0.4, -0.2) is 90.6 Å². The summed E-state index contributed by atoms with van der Waals surface area (Å²) in [7, 11) is 1.65. The molecule has 39 heavy (non-hydrogen) atoms. The second-order valence-electron chi connectivity index (χ2n) is 9.41. The summed E-state index contributed by atoms with van der Waals surface area (Å²) in [6.45, 7) is 8.94. The Labute approximate surface area is 226 Å². The molecule has 2 aliphatic heterocycles. The fourth-order valence-electron chi connectivity index (χ4n) is 4.85. The predicted octanol–water partition coefficient (Wildman–Crippen LogP) is 1.91. The van der Waals surface area contributed by atoms with Crippen molar-refractivity contribution in [2.24, 2.45) is 0 Å². The summed E-state index contributed by atoms with van der Waals surface area (Å²) in [5, 5.41) is 11.9. The fourth-order valence-corrected chi connectivity index (χ4v) is 4.85. The number of methoxy groups -OCH3 is 1. The molecule has 2 aliphatic rings. The first-order valence-electron chi connectivity index (χ1n) is 12.7. The van der Waals surface area contributed by atoms with E-state index >= 15 is 0 Å². The van der Waals surface area contributed by atoms with Crippen LogP contribution in [0.2, 0.25) is 0 Å². The number of nitrogens with two attached hydrogens (primary N) is 1. The van der Waals surface area contributed by atoms with Crippen molar-refractivity contribution in [3.63, 3.8) is 0 Å². The lowest BCUT2D eigenvalue weighted by Gasteiger charge is -2.35. The molecule has 204 valence electrons. The van der Waals surface area contributed by atoms with Crippen molar-refractivity contribution in [2.45, 2.75) is 19.1 Å². The maximum Gasteiger partial charge on any atom is 0.319 e. The summed E-state index contributed by atoms with van der Waals surface area (Å²) in [6.07, 6.45) is 3.72. The van der Waals surface area contributed by atoms with Gasteiger partial charge in [0.25, 0.3) is 0 Å². The Hall–Kier alpha value is -4.29. The van der Waals surface area contributed by atoms with Crippen molar-refractivity contribution in [1.29, 1.82) is 5.41 Å². The van der Waals surface area contributed by atoms with E-state index in [1.54, 1.807) is 24.3 Å². The Kier molecular flexibility index (Phi) is 7.57. The van der Waals surface area contributed by atoms with Gasteiger partial charge in [-0.05, 0) is 30.7 Å². The van der Waals surface area contributed by atoms with E-state index in [4.69, 9.17) is 35.3 Å². The number of pyridine rings is 1. The van der Waals surface area contributed by atoms with Crippen molar-refractivity contribution < 1.29 is 19.0 Å². The number of anilines is 2. The fraction of sp³-hybridized carbons (Fsp3) is 0.370. The van der Waals surface area contributed by atoms with Gasteiger partial charge in [0.05, 0.1) is 10.9 Å². The number of amides is 1. The van der Waals surface area contributed by atoms with Gasteiger partial charge in [0.1, 0.15) is 29.3 Å². The summed E-state index contributed by atoms with van der Waals surface area (Å²) in [5.41, 5.74) is 8.26. The number of fused-ring (bicyclic) bond motifs is 1. The molecule has 4 N–H and O–H groups in total. The lowest BCUT2D eigenvalue weighted by Crippen LogP contribution is -2.48. The molecule has 1 amide bonds. The first-order valence-corrected chi connectivity index (χ1v) is 12.7. The van der Waals surface area contributed by atoms with Gasteiger partial charge in [0.2, 0.25) is 11.8 Å². The van der Waals surface area contributed by atoms with E-state index in [9.17, 15) is 4.79 Å². The van der Waals surface area contributed by atoms with Gasteiger partial charge in [-0.1, -0.05) is 12.6 Å². The van der Waals surface area contributed by atoms with Crippen LogP contribution in [0.3, 0.4) is 0 Å². The molecule has 3 aromatic rings. The number of nitrogens with one attached hydrogen (secondary N) is 2. The van der Waals surface area contributed by atoms with Crippen LogP contribution in [0, 0.1) is 12.3 Å². The number of carbonyl (C=O) groups is 1. The molecule has 0 spiro atoms. The van der Waals surface area contributed by atoms with Crippen LogP contribution >= 0.6 is 0 Å². The molecule has 2 saturated heterocycles. The van der Waals surface area contributed by atoms with Gasteiger partial charge < -0.3 is 40.5 Å². The molecule has 2 atom stereocenters. The van der Waals surface area contributed by atoms with Crippen molar-refractivity contribution in [3.05, 3.63) is 48.2 Å². The number of nitrogen functional groups attached to an aromatic ring is 1. The molecule has 0 saturated carbocycles. The van der Waals surface area contributed by atoms with Crippen molar-refractivity contribution in [1.82, 2.24) is 25.2 Å². The van der Waals surface area contributed by atoms with E-state index in [0.29, 0.717) is 67.6 Å². The number of hydrogen-bond acceptors (Lipinski definition) is 11. The molecular weight excluding hydrogens is 500 g/mol. The van der Waals surface area contributed by atoms with Crippen LogP contribution in [0.25, 0.3) is 10.9 Å². The van der Waals surface area contributed by atoms with Gasteiger partial charge in [-0.2, -0.15) is 9.97 Å². The van der Waals surface area contributed by atoms with E-state index in [2.05, 4.69) is 21.8 Å².